The van der Waals surface area contributed by atoms with Crippen molar-refractivity contribution in [3.05, 3.63) is 197 Å². The van der Waals surface area contributed by atoms with Crippen LogP contribution in [0.2, 0.25) is 0 Å². The van der Waals surface area contributed by atoms with E-state index in [1.165, 1.54) is 72.8 Å². The number of benzene rings is 4. The number of azo groups is 4. The van der Waals surface area contributed by atoms with E-state index < -0.39 is 20.5 Å². The Hall–Kier alpha value is -8.93. The number of phenols is 8. The van der Waals surface area contributed by atoms with Crippen LogP contribution < -0.4 is 37.3 Å². The van der Waals surface area contributed by atoms with Gasteiger partial charge in [0.25, 0.3) is 0 Å². The molecule has 32 nitrogen and oxygen atoms in total. The van der Waals surface area contributed by atoms with Crippen molar-refractivity contribution in [2.24, 2.45) is 40.9 Å². The molecule has 8 aromatic rings. The molecule has 0 unspecified atom stereocenters. The van der Waals surface area contributed by atoms with Gasteiger partial charge in [-0.25, -0.2) is 57.2 Å². The van der Waals surface area contributed by atoms with Crippen LogP contribution >= 0.6 is 0 Å². The van der Waals surface area contributed by atoms with Gasteiger partial charge in [0.2, 0.25) is 0 Å². The molecule has 4 heterocycles. The number of aromatic hydroxyl groups is 8. The Morgan fingerprint density at radius 2 is 0.448 bits per heavy atom. The van der Waals surface area contributed by atoms with Crippen LogP contribution in [0.15, 0.2) is 211 Å². The van der Waals surface area contributed by atoms with Crippen molar-refractivity contribution in [2.75, 3.05) is 0 Å². The molecule has 8 rings (SSSR count). The van der Waals surface area contributed by atoms with Gasteiger partial charge in [-0.3, -0.25) is 0 Å². The maximum absolute atomic E-state index is 9.43. The summed E-state index contributed by atoms with van der Waals surface area (Å²) in [4.78, 5) is 15.8. The van der Waals surface area contributed by atoms with E-state index in [1.807, 2.05) is 0 Å². The molecular formula is C48H36Cl2Cu4N16NiO16+4. The molecule has 0 aliphatic carbocycles. The molecule has 8 N–H and O–H groups in total. The van der Waals surface area contributed by atoms with Crippen molar-refractivity contribution in [3.8, 4) is 46.0 Å². The predicted molar refractivity (Wildman–Crippen MR) is 253 cm³/mol. The van der Waals surface area contributed by atoms with Gasteiger partial charge in [-0.05, 0) is 97.1 Å². The van der Waals surface area contributed by atoms with Crippen LogP contribution in [0.5, 0.6) is 46.0 Å². The van der Waals surface area contributed by atoms with Crippen molar-refractivity contribution >= 4 is 46.0 Å². The van der Waals surface area contributed by atoms with Gasteiger partial charge in [-0.2, -0.15) is 0 Å². The minimum atomic E-state index is -4.94. The van der Waals surface area contributed by atoms with Crippen LogP contribution in [0.4, 0.5) is 46.0 Å². The van der Waals surface area contributed by atoms with Crippen LogP contribution in [0.3, 0.4) is 0 Å². The van der Waals surface area contributed by atoms with E-state index >= 15 is 0 Å². The van der Waals surface area contributed by atoms with Crippen molar-refractivity contribution in [1.29, 1.82) is 21.0 Å². The summed E-state index contributed by atoms with van der Waals surface area (Å²) < 4.78 is 67.9. The fourth-order valence-electron chi connectivity index (χ4n) is 4.44. The van der Waals surface area contributed by atoms with Gasteiger partial charge >= 0.3 is 84.8 Å². The zero-order chi connectivity index (χ0) is 62.5. The third-order valence-electron chi connectivity index (χ3n) is 7.47. The number of rotatable bonds is 8. The predicted octanol–water partition coefficient (Wildman–Crippen LogP) is 2.49. The van der Waals surface area contributed by atoms with Crippen molar-refractivity contribution < 1.29 is 183 Å². The third kappa shape index (κ3) is 48.1. The fourth-order valence-corrected chi connectivity index (χ4v) is 4.44. The average Bonchev–Trinajstić information content (AvgIpc) is 3.69. The Morgan fingerprint density at radius 3 is 0.586 bits per heavy atom. The maximum atomic E-state index is 9.43. The summed E-state index contributed by atoms with van der Waals surface area (Å²) in [6.07, 6.45) is 6.38. The molecule has 0 saturated heterocycles. The zero-order valence-corrected chi connectivity index (χ0v) is 48.7. The van der Waals surface area contributed by atoms with Gasteiger partial charge < -0.3 is 88.2 Å². The van der Waals surface area contributed by atoms with E-state index in [9.17, 15) is 40.9 Å². The van der Waals surface area contributed by atoms with E-state index in [2.05, 4.69) is 60.8 Å². The van der Waals surface area contributed by atoms with Gasteiger partial charge in [-0.15, -0.1) is 61.4 Å². The molecule has 39 heteroatoms. The number of hydrogen-bond donors (Lipinski definition) is 8. The summed E-state index contributed by atoms with van der Waals surface area (Å²) in [7, 11) is -9.89. The van der Waals surface area contributed by atoms with Crippen molar-refractivity contribution in [2.45, 2.75) is 0 Å². The molecule has 0 saturated carbocycles. The zero-order valence-electron chi connectivity index (χ0n) is 42.4. The van der Waals surface area contributed by atoms with Crippen LogP contribution in [0.1, 0.15) is 0 Å². The number of halogens is 2. The summed E-state index contributed by atoms with van der Waals surface area (Å²) in [6, 6.07) is 37.1. The molecule has 0 bridgehead atoms. The molecule has 0 fully saturated rings. The first-order valence-corrected chi connectivity index (χ1v) is 23.0. The summed E-state index contributed by atoms with van der Waals surface area (Å²) in [6.45, 7) is 19.0. The topological polar surface area (TPSA) is 592 Å². The molecule has 4 aromatic heterocycles. The minimum absolute atomic E-state index is 0. The SMILES string of the molecule is Oc1ccc(O)c(N=Nc2ccccn2)c1.Oc1ccc(O)c(N=Nc2ccccn2)c1.Oc1ccc(O)c(N=Nc2ccccn2)c1.Oc1ccc(O)c(N=Nc2ccccn2)c1.[C-]#N.[C-]#N.[C-]#N.[C-]#N.[Cu+2].[Cu+2].[Cu+2].[Cu+2].[Ni+2].[O-][Cl+3]([O-])([O-])[O-].[O-][Cl+3]([O-])([O-])[O-]. The molecule has 4 aromatic carbocycles. The van der Waals surface area contributed by atoms with Crippen LogP contribution in [-0.4, -0.2) is 60.8 Å². The van der Waals surface area contributed by atoms with E-state index in [4.69, 9.17) is 84.6 Å². The van der Waals surface area contributed by atoms with Gasteiger partial charge in [0.15, 0.2) is 23.3 Å². The Bertz CT molecular complexity index is 2870. The van der Waals surface area contributed by atoms with Gasteiger partial charge in [0.1, 0.15) is 68.7 Å². The van der Waals surface area contributed by atoms with Crippen LogP contribution in [-0.2, 0) is 84.8 Å². The molecule has 468 valence electrons. The second-order valence-corrected chi connectivity index (χ2v) is 14.5. The number of phenolic OH excluding ortho intramolecular Hbond substituents is 8. The van der Waals surface area contributed by atoms with Gasteiger partial charge in [-0.1, -0.05) is 24.3 Å². The molecule has 4 radical (unpaired) electrons. The third-order valence-corrected chi connectivity index (χ3v) is 7.47. The van der Waals surface area contributed by atoms with Crippen molar-refractivity contribution in [3.63, 3.8) is 0 Å². The van der Waals surface area contributed by atoms with Crippen LogP contribution in [0, 0.1) is 67.8 Å². The first-order chi connectivity index (χ1) is 39.0. The average molecular weight is 1480 g/mol. The number of aromatic nitrogens is 4. The smallest absolute Gasteiger partial charge is 0.512 e. The Labute approximate surface area is 550 Å². The molecule has 87 heavy (non-hydrogen) atoms. The summed E-state index contributed by atoms with van der Waals surface area (Å²) in [5.41, 5.74) is 0.799. The summed E-state index contributed by atoms with van der Waals surface area (Å²) in [5.74, 6) is 1.65. The quantitative estimate of drug-likeness (QED) is 0.0469. The molecule has 0 amide bonds. The maximum Gasteiger partial charge on any atom is 2.00 e. The number of hydrogen-bond acceptors (Lipinski definition) is 32. The summed E-state index contributed by atoms with van der Waals surface area (Å²) in [5, 5.41) is 130. The van der Waals surface area contributed by atoms with E-state index in [1.54, 1.807) is 97.6 Å². The number of pyridine rings is 4. The molecule has 0 aliphatic rings. The Balaban J connectivity index is -0.000000176. The van der Waals surface area contributed by atoms with E-state index in [-0.39, 0.29) is 154 Å². The van der Waals surface area contributed by atoms with Gasteiger partial charge in [0.05, 0.1) is 0 Å². The first-order valence-electron chi connectivity index (χ1n) is 20.5. The van der Waals surface area contributed by atoms with Gasteiger partial charge in [0, 0.05) is 49.1 Å². The second-order valence-electron chi connectivity index (χ2n) is 13.0. The Kier molecular flexibility index (Phi) is 56.7. The molecular weight excluding hydrogens is 1440 g/mol. The van der Waals surface area contributed by atoms with Crippen molar-refractivity contribution in [1.82, 2.24) is 19.9 Å². The first kappa shape index (κ1) is 91.8. The normalized spacial score (nSPS) is 9.38. The standard InChI is InChI=1S/4C11H9N3O2.4CN.2ClHO4.4Cu.Ni/c4*15-8-4-5-10(16)9(7-8)13-14-11-3-1-2-6-12-11;4*1-2;2*2-1(3,4)5;;;;;/h4*1-7,15-16H;;;;;2*(H,2,3,4,5);;;;;/q;;;;4*-1;;;5*+2/p-2. The van der Waals surface area contributed by atoms with E-state index in [0.29, 0.717) is 23.3 Å². The van der Waals surface area contributed by atoms with E-state index in [0.717, 1.165) is 0 Å². The molecule has 0 aliphatic heterocycles. The fraction of sp³-hybridized carbons (Fsp3) is 0. The minimum Gasteiger partial charge on any atom is -0.512 e. The molecule has 0 spiro atoms. The monoisotopic (exact) mass is 1470 g/mol. The van der Waals surface area contributed by atoms with Crippen LogP contribution in [0.25, 0.3) is 0 Å². The Morgan fingerprint density at radius 1 is 0.287 bits per heavy atom. The summed E-state index contributed by atoms with van der Waals surface area (Å²) >= 11 is 0. The number of nitrogens with zero attached hydrogens (tertiary/aromatic N) is 16. The second kappa shape index (κ2) is 53.8. The molecule has 0 atom stereocenters. The largest absolute Gasteiger partial charge is 2.00 e.